The van der Waals surface area contributed by atoms with E-state index < -0.39 is 21.9 Å². The number of ether oxygens (including phenoxy) is 1. The number of aromatic nitrogens is 1. The maximum absolute atomic E-state index is 12.6. The van der Waals surface area contributed by atoms with Crippen molar-refractivity contribution in [1.29, 1.82) is 0 Å². The second-order valence-electron chi connectivity index (χ2n) is 5.79. The molecule has 0 saturated heterocycles. The lowest BCUT2D eigenvalue weighted by molar-refractivity contribution is 0.0599. The molecule has 0 aliphatic carbocycles. The highest BCUT2D eigenvalue weighted by Crippen LogP contribution is 2.22. The number of aryl methyl sites for hydroxylation is 1. The zero-order valence-corrected chi connectivity index (χ0v) is 15.6. The first-order valence-corrected chi connectivity index (χ1v) is 9.58. The van der Waals surface area contributed by atoms with Crippen LogP contribution in [0.2, 0.25) is 0 Å². The highest BCUT2D eigenvalue weighted by atomic mass is 32.2. The topological polar surface area (TPSA) is 131 Å². The molecule has 1 amide bonds. The predicted molar refractivity (Wildman–Crippen MR) is 97.5 cm³/mol. The number of anilines is 1. The summed E-state index contributed by atoms with van der Waals surface area (Å²) in [5.41, 5.74) is 2.58. The van der Waals surface area contributed by atoms with Gasteiger partial charge in [-0.1, -0.05) is 19.1 Å². The Morgan fingerprint density at radius 3 is 2.58 bits per heavy atom. The van der Waals surface area contributed by atoms with Crippen LogP contribution in [0.4, 0.5) is 5.69 Å². The summed E-state index contributed by atoms with van der Waals surface area (Å²) in [5, 5.41) is 7.73. The number of carbonyl (C=O) groups is 2. The van der Waals surface area contributed by atoms with Crippen molar-refractivity contribution in [3.8, 4) is 0 Å². The van der Waals surface area contributed by atoms with Crippen LogP contribution in [0.25, 0.3) is 0 Å². The van der Waals surface area contributed by atoms with E-state index in [1.807, 2.05) is 6.92 Å². The number of esters is 1. The summed E-state index contributed by atoms with van der Waals surface area (Å²) in [7, 11) is -2.39. The summed E-state index contributed by atoms with van der Waals surface area (Å²) < 4.78 is 27.2. The molecule has 0 saturated carbocycles. The first kappa shape index (κ1) is 19.7. The summed E-state index contributed by atoms with van der Waals surface area (Å²) in [5.74, 6) is -1.28. The van der Waals surface area contributed by atoms with Crippen LogP contribution in [-0.2, 0) is 26.9 Å². The van der Waals surface area contributed by atoms with Crippen molar-refractivity contribution in [1.82, 2.24) is 4.98 Å². The van der Waals surface area contributed by atoms with Crippen molar-refractivity contribution >= 4 is 27.6 Å². The van der Waals surface area contributed by atoms with Crippen molar-refractivity contribution in [3.63, 3.8) is 0 Å². The van der Waals surface area contributed by atoms with Crippen LogP contribution in [-0.4, -0.2) is 32.4 Å². The molecular weight excluding hydrogens is 358 g/mol. The van der Waals surface area contributed by atoms with Gasteiger partial charge in [-0.25, -0.2) is 18.4 Å². The van der Waals surface area contributed by atoms with Crippen LogP contribution in [0, 0.1) is 6.92 Å². The molecule has 0 aliphatic heterocycles. The van der Waals surface area contributed by atoms with Crippen molar-refractivity contribution in [2.75, 3.05) is 12.4 Å². The minimum Gasteiger partial charge on any atom is -0.465 e. The van der Waals surface area contributed by atoms with Gasteiger partial charge in [-0.05, 0) is 36.6 Å². The van der Waals surface area contributed by atoms with Crippen LogP contribution >= 0.6 is 0 Å². The Hall–Kier alpha value is -2.65. The van der Waals surface area contributed by atoms with Crippen molar-refractivity contribution < 1.29 is 22.7 Å². The number of aromatic amines is 1. The fourth-order valence-electron chi connectivity index (χ4n) is 2.69. The molecular formula is C17H21N3O5S. The van der Waals surface area contributed by atoms with Crippen LogP contribution in [0.3, 0.4) is 0 Å². The number of nitrogens with two attached hydrogens (primary N) is 1. The van der Waals surface area contributed by atoms with Gasteiger partial charge in [0, 0.05) is 11.4 Å². The van der Waals surface area contributed by atoms with Crippen molar-refractivity contribution in [2.24, 2.45) is 5.14 Å². The van der Waals surface area contributed by atoms with E-state index >= 15 is 0 Å². The normalized spacial score (nSPS) is 11.2. The molecule has 9 heteroatoms. The Kier molecular flexibility index (Phi) is 5.83. The number of benzene rings is 1. The van der Waals surface area contributed by atoms with Crippen LogP contribution in [0.1, 0.15) is 44.6 Å². The van der Waals surface area contributed by atoms with Gasteiger partial charge in [-0.15, -0.1) is 0 Å². The lowest BCUT2D eigenvalue weighted by Gasteiger charge is -2.07. The fraction of sp³-hybridized carbons (Fsp3) is 0.294. The molecule has 140 valence electrons. The van der Waals surface area contributed by atoms with Crippen LogP contribution in [0.5, 0.6) is 0 Å². The summed E-state index contributed by atoms with van der Waals surface area (Å²) in [6.45, 7) is 3.52. The summed E-state index contributed by atoms with van der Waals surface area (Å²) in [4.78, 5) is 27.5. The number of nitrogens with one attached hydrogen (secondary N) is 2. The molecule has 0 aliphatic rings. The number of hydrogen-bond donors (Lipinski definition) is 3. The molecule has 0 bridgehead atoms. The Bertz CT molecular complexity index is 947. The maximum Gasteiger partial charge on any atom is 0.339 e. The molecule has 1 heterocycles. The lowest BCUT2D eigenvalue weighted by Crippen LogP contribution is -2.16. The van der Waals surface area contributed by atoms with Gasteiger partial charge in [-0.2, -0.15) is 0 Å². The summed E-state index contributed by atoms with van der Waals surface area (Å²) >= 11 is 0. The molecule has 0 fully saturated rings. The molecule has 8 nitrogen and oxygen atoms in total. The van der Waals surface area contributed by atoms with Crippen molar-refractivity contribution in [2.45, 2.75) is 26.0 Å². The van der Waals surface area contributed by atoms with E-state index in [0.29, 0.717) is 34.5 Å². The van der Waals surface area contributed by atoms with E-state index in [0.717, 1.165) is 0 Å². The first-order valence-electron chi connectivity index (χ1n) is 7.86. The van der Waals surface area contributed by atoms with Gasteiger partial charge in [0.05, 0.1) is 18.4 Å². The lowest BCUT2D eigenvalue weighted by atomic mass is 10.1. The average Bonchev–Trinajstić information content (AvgIpc) is 2.89. The van der Waals surface area contributed by atoms with E-state index in [9.17, 15) is 18.0 Å². The third kappa shape index (κ3) is 4.50. The number of amides is 1. The number of H-pyrrole nitrogens is 1. The molecule has 0 spiro atoms. The van der Waals surface area contributed by atoms with Gasteiger partial charge in [0.15, 0.2) is 0 Å². The summed E-state index contributed by atoms with van der Waals surface area (Å²) in [6, 6.07) is 6.38. The monoisotopic (exact) mass is 379 g/mol. The molecule has 0 atom stereocenters. The van der Waals surface area contributed by atoms with Gasteiger partial charge in [0.25, 0.3) is 5.91 Å². The van der Waals surface area contributed by atoms with Gasteiger partial charge in [0.1, 0.15) is 5.69 Å². The van der Waals surface area contributed by atoms with Gasteiger partial charge in [-0.3, -0.25) is 4.79 Å². The average molecular weight is 379 g/mol. The molecule has 26 heavy (non-hydrogen) atoms. The van der Waals surface area contributed by atoms with Gasteiger partial charge >= 0.3 is 5.97 Å². The largest absolute Gasteiger partial charge is 0.465 e. The first-order chi connectivity index (χ1) is 12.2. The zero-order chi connectivity index (χ0) is 19.5. The molecule has 0 radical (unpaired) electrons. The fourth-order valence-corrected chi connectivity index (χ4v) is 3.34. The van der Waals surface area contributed by atoms with Crippen molar-refractivity contribution in [3.05, 3.63) is 52.3 Å². The maximum atomic E-state index is 12.6. The molecule has 4 N–H and O–H groups in total. The highest BCUT2D eigenvalue weighted by molar-refractivity contribution is 7.88. The van der Waals surface area contributed by atoms with E-state index in [-0.39, 0.29) is 11.4 Å². The van der Waals surface area contributed by atoms with E-state index in [1.165, 1.54) is 13.2 Å². The Balaban J connectivity index is 2.30. The molecule has 2 aromatic rings. The number of hydrogen-bond acceptors (Lipinski definition) is 5. The highest BCUT2D eigenvalue weighted by Gasteiger charge is 2.23. The number of primary sulfonamides is 1. The number of sulfonamides is 1. The predicted octanol–water partition coefficient (Wildman–Crippen LogP) is 1.71. The molecule has 1 aromatic heterocycles. The zero-order valence-electron chi connectivity index (χ0n) is 14.8. The molecule has 2 rings (SSSR count). The minimum atomic E-state index is -3.67. The number of rotatable bonds is 6. The van der Waals surface area contributed by atoms with Crippen LogP contribution in [0.15, 0.2) is 24.3 Å². The number of methoxy groups -OCH3 is 1. The standard InChI is InChI=1S/C17H21N3O5S/c1-4-13-14(17(22)25-3)10(2)15(20-13)16(21)19-12-7-5-6-11(8-12)9-26(18,23)24/h5-8,20H,4,9H2,1-3H3,(H,19,21)(H2,18,23,24). The van der Waals surface area contributed by atoms with Crippen LogP contribution < -0.4 is 10.5 Å². The Labute approximate surface area is 151 Å². The molecule has 0 unspecified atom stereocenters. The van der Waals surface area contributed by atoms with E-state index in [1.54, 1.807) is 25.1 Å². The van der Waals surface area contributed by atoms with E-state index in [4.69, 9.17) is 9.88 Å². The molecule has 1 aromatic carbocycles. The quantitative estimate of drug-likeness (QED) is 0.658. The van der Waals surface area contributed by atoms with Gasteiger partial charge in [0.2, 0.25) is 10.0 Å². The second kappa shape index (κ2) is 7.71. The minimum absolute atomic E-state index is 0.249. The Morgan fingerprint density at radius 1 is 1.31 bits per heavy atom. The van der Waals surface area contributed by atoms with E-state index in [2.05, 4.69) is 10.3 Å². The number of carbonyl (C=O) groups excluding carboxylic acids is 2. The smallest absolute Gasteiger partial charge is 0.339 e. The third-order valence-electron chi connectivity index (χ3n) is 3.85. The SMILES string of the molecule is CCc1[nH]c(C(=O)Nc2cccc(CS(N)(=O)=O)c2)c(C)c1C(=O)OC. The Morgan fingerprint density at radius 2 is 2.00 bits per heavy atom. The second-order valence-corrected chi connectivity index (χ2v) is 7.40. The third-order valence-corrected chi connectivity index (χ3v) is 4.59. The summed E-state index contributed by atoms with van der Waals surface area (Å²) in [6.07, 6.45) is 0.530. The van der Waals surface area contributed by atoms with Gasteiger partial charge < -0.3 is 15.0 Å².